The number of anilines is 1. The number of non-ortho nitro benzene ring substituents is 1. The molecule has 0 fully saturated rings. The quantitative estimate of drug-likeness (QED) is 0.190. The van der Waals surface area contributed by atoms with Crippen molar-refractivity contribution in [2.45, 2.75) is 6.92 Å². The van der Waals surface area contributed by atoms with Crippen LogP contribution in [0.3, 0.4) is 0 Å². The van der Waals surface area contributed by atoms with Gasteiger partial charge >= 0.3 is 0 Å². The Morgan fingerprint density at radius 2 is 1.93 bits per heavy atom. The highest BCUT2D eigenvalue weighted by atomic mass is 79.9. The summed E-state index contributed by atoms with van der Waals surface area (Å²) in [5.41, 5.74) is -0.123. The molecule has 11 heteroatoms. The molecule has 150 valence electrons. The van der Waals surface area contributed by atoms with Gasteiger partial charge in [0.15, 0.2) is 0 Å². The van der Waals surface area contributed by atoms with E-state index in [9.17, 15) is 20.2 Å². The largest absolute Gasteiger partial charge is 0.492 e. The maximum atomic E-state index is 12.6. The third-order valence-electron chi connectivity index (χ3n) is 3.47. The number of halogens is 4. The van der Waals surface area contributed by atoms with Crippen molar-refractivity contribution in [3.05, 3.63) is 64.5 Å². The molecular formula is C18H11Br2Cl2N3O4. The number of ether oxygens (including phenoxy) is 1. The molecule has 0 heterocycles. The van der Waals surface area contributed by atoms with E-state index < -0.39 is 10.8 Å². The lowest BCUT2D eigenvalue weighted by molar-refractivity contribution is -0.384. The van der Waals surface area contributed by atoms with Crippen LogP contribution < -0.4 is 10.1 Å². The smallest absolute Gasteiger partial charge is 0.272 e. The maximum Gasteiger partial charge on any atom is 0.272 e. The minimum absolute atomic E-state index is 0.0365. The van der Waals surface area contributed by atoms with Crippen LogP contribution in [0.15, 0.2) is 38.8 Å². The number of hydrogen-bond acceptors (Lipinski definition) is 5. The van der Waals surface area contributed by atoms with Crippen LogP contribution in [-0.4, -0.2) is 17.4 Å². The molecule has 0 aliphatic heterocycles. The van der Waals surface area contributed by atoms with Crippen LogP contribution in [0.2, 0.25) is 10.0 Å². The topological polar surface area (TPSA) is 105 Å². The van der Waals surface area contributed by atoms with Gasteiger partial charge in [0.2, 0.25) is 0 Å². The van der Waals surface area contributed by atoms with E-state index in [0.29, 0.717) is 26.9 Å². The molecule has 1 N–H and O–H groups in total. The number of nitrogens with one attached hydrogen (secondary N) is 1. The lowest BCUT2D eigenvalue weighted by atomic mass is 10.1. The Labute approximate surface area is 192 Å². The lowest BCUT2D eigenvalue weighted by Crippen LogP contribution is -2.14. The van der Waals surface area contributed by atoms with Crippen molar-refractivity contribution in [1.82, 2.24) is 0 Å². The number of nitro groups is 1. The summed E-state index contributed by atoms with van der Waals surface area (Å²) < 4.78 is 6.93. The number of nitrogens with zero attached hydrogens (tertiary/aromatic N) is 2. The molecule has 0 unspecified atom stereocenters. The molecule has 0 saturated carbocycles. The summed E-state index contributed by atoms with van der Waals surface area (Å²) in [4.78, 5) is 22.8. The number of nitro benzene ring substituents is 1. The summed E-state index contributed by atoms with van der Waals surface area (Å²) in [6.07, 6.45) is 1.35. The lowest BCUT2D eigenvalue weighted by Gasteiger charge is -2.12. The first-order valence-corrected chi connectivity index (χ1v) is 10.2. The molecule has 29 heavy (non-hydrogen) atoms. The number of benzene rings is 2. The van der Waals surface area contributed by atoms with Gasteiger partial charge < -0.3 is 10.1 Å². The molecule has 0 aliphatic rings. The van der Waals surface area contributed by atoms with E-state index in [2.05, 4.69) is 37.2 Å². The average Bonchev–Trinajstić information content (AvgIpc) is 2.64. The molecule has 2 rings (SSSR count). The summed E-state index contributed by atoms with van der Waals surface area (Å²) in [6, 6.07) is 7.38. The van der Waals surface area contributed by atoms with E-state index in [0.717, 1.165) is 12.1 Å². The Morgan fingerprint density at radius 3 is 2.45 bits per heavy atom. The number of nitriles is 1. The van der Waals surface area contributed by atoms with Crippen LogP contribution >= 0.6 is 55.1 Å². The van der Waals surface area contributed by atoms with E-state index in [1.165, 1.54) is 6.08 Å². The van der Waals surface area contributed by atoms with E-state index in [-0.39, 0.29) is 27.0 Å². The Kier molecular flexibility index (Phi) is 8.05. The van der Waals surface area contributed by atoms with Crippen LogP contribution in [0, 0.1) is 21.4 Å². The molecular weight excluding hydrogens is 553 g/mol. The predicted octanol–water partition coefficient (Wildman–Crippen LogP) is 6.37. The Balaban J connectivity index is 2.43. The first-order valence-electron chi connectivity index (χ1n) is 7.86. The van der Waals surface area contributed by atoms with E-state index in [1.54, 1.807) is 19.1 Å². The first-order chi connectivity index (χ1) is 13.7. The standard InChI is InChI=1S/C18H11Br2Cl2N3O4/c1-2-29-17-9(4-11(19)5-13(17)20)3-10(8-23)18(26)24-16-14(21)6-12(25(27)28)7-15(16)22/h3-7H,2H2,1H3,(H,24,26)/b10-3+. The molecule has 7 nitrogen and oxygen atoms in total. The SMILES string of the molecule is CCOc1c(Br)cc(Br)cc1/C=C(\C#N)C(=O)Nc1c(Cl)cc([N+](=O)[O-])cc1Cl. The van der Waals surface area contributed by atoms with Gasteiger partial charge in [0.05, 0.1) is 31.7 Å². The van der Waals surface area contributed by atoms with Crippen LogP contribution in [0.5, 0.6) is 5.75 Å². The summed E-state index contributed by atoms with van der Waals surface area (Å²) in [5, 5.41) is 22.5. The number of rotatable bonds is 6. The molecule has 0 spiro atoms. The van der Waals surface area contributed by atoms with Crippen LogP contribution in [0.1, 0.15) is 12.5 Å². The van der Waals surface area contributed by atoms with Crippen LogP contribution in [0.25, 0.3) is 6.08 Å². The summed E-state index contributed by atoms with van der Waals surface area (Å²) in [5.74, 6) is -0.327. The van der Waals surface area contributed by atoms with Crippen molar-refractivity contribution in [2.75, 3.05) is 11.9 Å². The van der Waals surface area contributed by atoms with Gasteiger partial charge in [-0.1, -0.05) is 39.1 Å². The molecule has 0 aliphatic carbocycles. The molecule has 2 aromatic rings. The van der Waals surface area contributed by atoms with Crippen LogP contribution in [0.4, 0.5) is 11.4 Å². The monoisotopic (exact) mass is 561 g/mol. The van der Waals surface area contributed by atoms with Gasteiger partial charge in [-0.05, 0) is 41.1 Å². The summed E-state index contributed by atoms with van der Waals surface area (Å²) in [7, 11) is 0. The molecule has 0 atom stereocenters. The summed E-state index contributed by atoms with van der Waals surface area (Å²) in [6.45, 7) is 2.18. The second-order valence-electron chi connectivity index (χ2n) is 5.40. The molecule has 0 radical (unpaired) electrons. The van der Waals surface area contributed by atoms with Crippen molar-refractivity contribution in [3.63, 3.8) is 0 Å². The van der Waals surface area contributed by atoms with E-state index in [4.69, 9.17) is 27.9 Å². The minimum atomic E-state index is -0.788. The fourth-order valence-corrected chi connectivity index (χ4v) is 4.20. The Hall–Kier alpha value is -2.12. The predicted molar refractivity (Wildman–Crippen MR) is 118 cm³/mol. The molecule has 0 saturated heterocycles. The van der Waals surface area contributed by atoms with Gasteiger partial charge in [0, 0.05) is 22.2 Å². The van der Waals surface area contributed by atoms with Crippen LogP contribution in [-0.2, 0) is 4.79 Å². The first kappa shape index (κ1) is 23.2. The molecule has 1 amide bonds. The highest BCUT2D eigenvalue weighted by Crippen LogP contribution is 2.36. The van der Waals surface area contributed by atoms with E-state index >= 15 is 0 Å². The van der Waals surface area contributed by atoms with Gasteiger partial charge in [-0.15, -0.1) is 0 Å². The summed E-state index contributed by atoms with van der Waals surface area (Å²) >= 11 is 18.7. The second-order valence-corrected chi connectivity index (χ2v) is 7.99. The fourth-order valence-electron chi connectivity index (χ4n) is 2.25. The number of hydrogen-bond donors (Lipinski definition) is 1. The van der Waals surface area contributed by atoms with Gasteiger partial charge in [0.1, 0.15) is 17.4 Å². The number of carbonyl (C=O) groups is 1. The fraction of sp³-hybridized carbons (Fsp3) is 0.111. The van der Waals surface area contributed by atoms with Gasteiger partial charge in [-0.3, -0.25) is 14.9 Å². The second kappa shape index (κ2) is 10.1. The zero-order valence-corrected chi connectivity index (χ0v) is 19.3. The van der Waals surface area contributed by atoms with Crippen molar-refractivity contribution >= 4 is 78.4 Å². The normalized spacial score (nSPS) is 11.0. The van der Waals surface area contributed by atoms with Gasteiger partial charge in [-0.2, -0.15) is 5.26 Å². The van der Waals surface area contributed by atoms with E-state index in [1.807, 2.05) is 6.07 Å². The zero-order chi connectivity index (χ0) is 21.7. The van der Waals surface area contributed by atoms with Crippen molar-refractivity contribution in [2.24, 2.45) is 0 Å². The molecule has 0 aromatic heterocycles. The third-order valence-corrected chi connectivity index (χ3v) is 5.11. The van der Waals surface area contributed by atoms with Crippen molar-refractivity contribution in [3.8, 4) is 11.8 Å². The highest BCUT2D eigenvalue weighted by molar-refractivity contribution is 9.11. The third kappa shape index (κ3) is 5.70. The highest BCUT2D eigenvalue weighted by Gasteiger charge is 2.19. The van der Waals surface area contributed by atoms with Gasteiger partial charge in [-0.25, -0.2) is 0 Å². The maximum absolute atomic E-state index is 12.6. The number of carbonyl (C=O) groups excluding carboxylic acids is 1. The zero-order valence-electron chi connectivity index (χ0n) is 14.6. The Bertz CT molecular complexity index is 1040. The molecule has 2 aromatic carbocycles. The molecule has 0 bridgehead atoms. The Morgan fingerprint density at radius 1 is 1.31 bits per heavy atom. The average molecular weight is 564 g/mol. The van der Waals surface area contributed by atoms with Crippen molar-refractivity contribution < 1.29 is 14.5 Å². The minimum Gasteiger partial charge on any atom is -0.492 e. The number of amides is 1. The van der Waals surface area contributed by atoms with Crippen molar-refractivity contribution in [1.29, 1.82) is 5.26 Å². The van der Waals surface area contributed by atoms with Gasteiger partial charge in [0.25, 0.3) is 11.6 Å².